The first kappa shape index (κ1) is 19.3. The van der Waals surface area contributed by atoms with Gasteiger partial charge in [-0.2, -0.15) is 13.2 Å². The fourth-order valence-corrected chi connectivity index (χ4v) is 2.53. The predicted octanol–water partition coefficient (Wildman–Crippen LogP) is 4.13. The van der Waals surface area contributed by atoms with Gasteiger partial charge in [0.05, 0.1) is 12.2 Å². The van der Waals surface area contributed by atoms with Crippen LogP contribution in [0.1, 0.15) is 39.2 Å². The first-order valence-electron chi connectivity index (χ1n) is 8.18. The van der Waals surface area contributed by atoms with E-state index in [2.05, 4.69) is 4.98 Å². The Morgan fingerprint density at radius 1 is 1.32 bits per heavy atom. The Labute approximate surface area is 145 Å². The third kappa shape index (κ3) is 6.10. The van der Waals surface area contributed by atoms with E-state index in [1.54, 1.807) is 4.90 Å². The number of pyridine rings is 1. The van der Waals surface area contributed by atoms with Crippen molar-refractivity contribution in [3.05, 3.63) is 23.9 Å². The standard InChI is InChI=1S/C17H23F3N2O3/c1-16(2,3)25-15(23)22-8-4-5-12(10-22)11-24-14-7-6-13(9-21-14)17(18,19)20/h6-7,9,12H,4-5,8,10-11H2,1-3H3/t12-/m0/s1. The summed E-state index contributed by atoms with van der Waals surface area (Å²) in [4.78, 5) is 17.4. The number of amides is 1. The van der Waals surface area contributed by atoms with Crippen molar-refractivity contribution in [1.82, 2.24) is 9.88 Å². The average Bonchev–Trinajstić information content (AvgIpc) is 2.51. The monoisotopic (exact) mass is 360 g/mol. The van der Waals surface area contributed by atoms with E-state index in [-0.39, 0.29) is 24.5 Å². The van der Waals surface area contributed by atoms with Gasteiger partial charge < -0.3 is 14.4 Å². The molecule has 2 heterocycles. The number of rotatable bonds is 3. The lowest BCUT2D eigenvalue weighted by Crippen LogP contribution is -2.44. The lowest BCUT2D eigenvalue weighted by atomic mass is 9.99. The molecule has 25 heavy (non-hydrogen) atoms. The van der Waals surface area contributed by atoms with Gasteiger partial charge in [-0.25, -0.2) is 9.78 Å². The Kier molecular flexibility index (Phi) is 5.80. The molecule has 1 amide bonds. The topological polar surface area (TPSA) is 51.7 Å². The highest BCUT2D eigenvalue weighted by molar-refractivity contribution is 5.68. The maximum absolute atomic E-state index is 12.5. The normalized spacial score (nSPS) is 18.8. The van der Waals surface area contributed by atoms with Crippen molar-refractivity contribution in [1.29, 1.82) is 0 Å². The summed E-state index contributed by atoms with van der Waals surface area (Å²) in [5, 5.41) is 0. The highest BCUT2D eigenvalue weighted by Crippen LogP contribution is 2.29. The summed E-state index contributed by atoms with van der Waals surface area (Å²) in [6.07, 6.45) is -2.32. The van der Waals surface area contributed by atoms with Gasteiger partial charge in [0.25, 0.3) is 0 Å². The summed E-state index contributed by atoms with van der Waals surface area (Å²) >= 11 is 0. The first-order chi connectivity index (χ1) is 11.5. The van der Waals surface area contributed by atoms with E-state index >= 15 is 0 Å². The van der Waals surface area contributed by atoms with Crippen LogP contribution in [0, 0.1) is 5.92 Å². The molecule has 0 unspecified atom stereocenters. The Bertz CT molecular complexity index is 582. The van der Waals surface area contributed by atoms with Gasteiger partial charge in [-0.05, 0) is 39.7 Å². The van der Waals surface area contributed by atoms with Gasteiger partial charge in [0.2, 0.25) is 5.88 Å². The molecule has 0 N–H and O–H groups in total. The van der Waals surface area contributed by atoms with Crippen molar-refractivity contribution in [2.45, 2.75) is 45.4 Å². The molecule has 1 aromatic heterocycles. The molecule has 1 aromatic rings. The summed E-state index contributed by atoms with van der Waals surface area (Å²) in [6.45, 7) is 6.85. The van der Waals surface area contributed by atoms with Crippen LogP contribution < -0.4 is 4.74 Å². The zero-order chi connectivity index (χ0) is 18.7. The number of hydrogen-bond donors (Lipinski definition) is 0. The van der Waals surface area contributed by atoms with E-state index in [0.717, 1.165) is 25.1 Å². The average molecular weight is 360 g/mol. The Balaban J connectivity index is 1.85. The third-order valence-electron chi connectivity index (χ3n) is 3.70. The number of alkyl halides is 3. The lowest BCUT2D eigenvalue weighted by molar-refractivity contribution is -0.137. The molecule has 1 fully saturated rings. The summed E-state index contributed by atoms with van der Waals surface area (Å²) in [5.41, 5.74) is -1.36. The van der Waals surface area contributed by atoms with Crippen LogP contribution in [0.5, 0.6) is 5.88 Å². The van der Waals surface area contributed by atoms with Crippen molar-refractivity contribution < 1.29 is 27.4 Å². The van der Waals surface area contributed by atoms with Gasteiger partial charge in [-0.3, -0.25) is 0 Å². The highest BCUT2D eigenvalue weighted by atomic mass is 19.4. The van der Waals surface area contributed by atoms with Gasteiger partial charge >= 0.3 is 12.3 Å². The number of carbonyl (C=O) groups is 1. The maximum atomic E-state index is 12.5. The van der Waals surface area contributed by atoms with Gasteiger partial charge in [-0.1, -0.05) is 0 Å². The number of piperidine rings is 1. The van der Waals surface area contributed by atoms with Gasteiger partial charge in [-0.15, -0.1) is 0 Å². The number of likely N-dealkylation sites (tertiary alicyclic amines) is 1. The van der Waals surface area contributed by atoms with E-state index in [0.29, 0.717) is 13.1 Å². The zero-order valence-electron chi connectivity index (χ0n) is 14.6. The molecular formula is C17H23F3N2O3. The van der Waals surface area contributed by atoms with Crippen LogP contribution in [0.3, 0.4) is 0 Å². The number of nitrogens with zero attached hydrogens (tertiary/aromatic N) is 2. The lowest BCUT2D eigenvalue weighted by Gasteiger charge is -2.33. The first-order valence-corrected chi connectivity index (χ1v) is 8.18. The number of ether oxygens (including phenoxy) is 2. The largest absolute Gasteiger partial charge is 0.477 e. The van der Waals surface area contributed by atoms with Crippen LogP contribution in [0.2, 0.25) is 0 Å². The van der Waals surface area contributed by atoms with Gasteiger partial charge in [0.1, 0.15) is 5.60 Å². The number of hydrogen-bond acceptors (Lipinski definition) is 4. The fraction of sp³-hybridized carbons (Fsp3) is 0.647. The minimum absolute atomic E-state index is 0.0883. The quantitative estimate of drug-likeness (QED) is 0.813. The second-order valence-corrected chi connectivity index (χ2v) is 7.13. The number of aromatic nitrogens is 1. The SMILES string of the molecule is CC(C)(C)OC(=O)N1CCC[C@H](COc2ccc(C(F)(F)F)cn2)C1. The van der Waals surface area contributed by atoms with Crippen LogP contribution in [0.4, 0.5) is 18.0 Å². The summed E-state index contributed by atoms with van der Waals surface area (Å²) < 4.78 is 48.4. The van der Waals surface area contributed by atoms with Crippen LogP contribution in [0.25, 0.3) is 0 Å². The van der Waals surface area contributed by atoms with Gasteiger partial charge in [0, 0.05) is 31.3 Å². The second-order valence-electron chi connectivity index (χ2n) is 7.13. The van der Waals surface area contributed by atoms with Crippen molar-refractivity contribution in [3.63, 3.8) is 0 Å². The predicted molar refractivity (Wildman–Crippen MR) is 85.3 cm³/mol. The molecule has 0 aliphatic carbocycles. The van der Waals surface area contributed by atoms with Crippen molar-refractivity contribution in [3.8, 4) is 5.88 Å². The molecule has 1 aliphatic heterocycles. The van der Waals surface area contributed by atoms with Crippen molar-refractivity contribution in [2.24, 2.45) is 5.92 Å². The van der Waals surface area contributed by atoms with E-state index in [4.69, 9.17) is 9.47 Å². The van der Waals surface area contributed by atoms with E-state index in [1.807, 2.05) is 20.8 Å². The molecule has 0 bridgehead atoms. The Morgan fingerprint density at radius 2 is 2.04 bits per heavy atom. The fourth-order valence-electron chi connectivity index (χ4n) is 2.53. The van der Waals surface area contributed by atoms with Crippen LogP contribution in [0.15, 0.2) is 18.3 Å². The maximum Gasteiger partial charge on any atom is 0.417 e. The molecular weight excluding hydrogens is 337 g/mol. The number of carbonyl (C=O) groups excluding carboxylic acids is 1. The van der Waals surface area contributed by atoms with Gasteiger partial charge in [0.15, 0.2) is 0 Å². The van der Waals surface area contributed by atoms with Crippen LogP contribution >= 0.6 is 0 Å². The molecule has 0 radical (unpaired) electrons. The third-order valence-corrected chi connectivity index (χ3v) is 3.70. The van der Waals surface area contributed by atoms with E-state index in [1.165, 1.54) is 6.07 Å². The Hall–Kier alpha value is -1.99. The molecule has 2 rings (SSSR count). The van der Waals surface area contributed by atoms with E-state index in [9.17, 15) is 18.0 Å². The molecule has 0 aromatic carbocycles. The van der Waals surface area contributed by atoms with E-state index < -0.39 is 17.3 Å². The Morgan fingerprint density at radius 3 is 2.60 bits per heavy atom. The molecule has 1 atom stereocenters. The summed E-state index contributed by atoms with van der Waals surface area (Å²) in [5.74, 6) is 0.229. The summed E-state index contributed by atoms with van der Waals surface area (Å²) in [6, 6.07) is 2.15. The minimum atomic E-state index is -4.41. The molecule has 0 saturated carbocycles. The van der Waals surface area contributed by atoms with Crippen molar-refractivity contribution in [2.75, 3.05) is 19.7 Å². The smallest absolute Gasteiger partial charge is 0.417 e. The van der Waals surface area contributed by atoms with Crippen LogP contribution in [-0.2, 0) is 10.9 Å². The molecule has 140 valence electrons. The number of halogens is 3. The molecule has 1 saturated heterocycles. The second kappa shape index (κ2) is 7.49. The minimum Gasteiger partial charge on any atom is -0.477 e. The van der Waals surface area contributed by atoms with Crippen LogP contribution in [-0.4, -0.2) is 41.3 Å². The molecule has 8 heteroatoms. The molecule has 1 aliphatic rings. The van der Waals surface area contributed by atoms with Crippen molar-refractivity contribution >= 4 is 6.09 Å². The highest BCUT2D eigenvalue weighted by Gasteiger charge is 2.31. The molecule has 5 nitrogen and oxygen atoms in total. The zero-order valence-corrected chi connectivity index (χ0v) is 14.6. The summed E-state index contributed by atoms with van der Waals surface area (Å²) in [7, 11) is 0. The molecule has 0 spiro atoms.